The van der Waals surface area contributed by atoms with E-state index in [4.69, 9.17) is 9.52 Å². The second-order valence-corrected chi connectivity index (χ2v) is 3.82. The van der Waals surface area contributed by atoms with Crippen molar-refractivity contribution in [1.29, 1.82) is 0 Å². The molecule has 0 bridgehead atoms. The first-order chi connectivity index (χ1) is 7.69. The molecule has 2 N–H and O–H groups in total. The van der Waals surface area contributed by atoms with Crippen LogP contribution in [0.1, 0.15) is 5.56 Å². The standard InChI is InChI=1S/C11H14N2O3/c1-13(7-14)5-4-8-2-3-10-9(6-8)12-11(15)16-10/h2-3,6,14H,4-5,7H2,1H3,(H,12,15). The zero-order valence-corrected chi connectivity index (χ0v) is 9.06. The molecular weight excluding hydrogens is 208 g/mol. The van der Waals surface area contributed by atoms with E-state index in [2.05, 4.69) is 4.98 Å². The van der Waals surface area contributed by atoms with Gasteiger partial charge >= 0.3 is 5.76 Å². The third-order valence-electron chi connectivity index (χ3n) is 2.51. The predicted octanol–water partition coefficient (Wildman–Crippen LogP) is 0.545. The summed E-state index contributed by atoms with van der Waals surface area (Å²) in [5.74, 6) is -0.431. The summed E-state index contributed by atoms with van der Waals surface area (Å²) in [4.78, 5) is 15.4. The summed E-state index contributed by atoms with van der Waals surface area (Å²) in [6, 6.07) is 5.59. The normalized spacial score (nSPS) is 11.4. The summed E-state index contributed by atoms with van der Waals surface area (Å²) in [7, 11) is 1.85. The number of nitrogens with zero attached hydrogens (tertiary/aromatic N) is 1. The highest BCUT2D eigenvalue weighted by Gasteiger charge is 2.03. The van der Waals surface area contributed by atoms with Crippen LogP contribution in [0.3, 0.4) is 0 Å². The van der Waals surface area contributed by atoms with Crippen LogP contribution in [0, 0.1) is 0 Å². The van der Waals surface area contributed by atoms with Crippen molar-refractivity contribution >= 4 is 11.1 Å². The van der Waals surface area contributed by atoms with Crippen molar-refractivity contribution in [3.63, 3.8) is 0 Å². The molecule has 0 aliphatic carbocycles. The van der Waals surface area contributed by atoms with Crippen molar-refractivity contribution in [2.75, 3.05) is 20.3 Å². The van der Waals surface area contributed by atoms with Crippen molar-refractivity contribution < 1.29 is 9.52 Å². The maximum Gasteiger partial charge on any atom is 0.417 e. The molecule has 0 radical (unpaired) electrons. The van der Waals surface area contributed by atoms with Crippen LogP contribution in [0.25, 0.3) is 11.1 Å². The quantitative estimate of drug-likeness (QED) is 0.741. The molecule has 86 valence electrons. The fourth-order valence-electron chi connectivity index (χ4n) is 1.55. The molecule has 0 fully saturated rings. The molecule has 5 nitrogen and oxygen atoms in total. The van der Waals surface area contributed by atoms with E-state index in [0.717, 1.165) is 18.5 Å². The van der Waals surface area contributed by atoms with Gasteiger partial charge in [0, 0.05) is 6.54 Å². The zero-order valence-electron chi connectivity index (χ0n) is 9.06. The fraction of sp³-hybridized carbons (Fsp3) is 0.364. The summed E-state index contributed by atoms with van der Waals surface area (Å²) < 4.78 is 4.91. The number of aromatic nitrogens is 1. The van der Waals surface area contributed by atoms with Crippen LogP contribution in [0.4, 0.5) is 0 Å². The predicted molar refractivity (Wildman–Crippen MR) is 60.3 cm³/mol. The molecule has 1 aromatic carbocycles. The Hall–Kier alpha value is -1.59. The number of aliphatic hydroxyl groups is 1. The fourth-order valence-corrected chi connectivity index (χ4v) is 1.55. The molecule has 0 aliphatic rings. The van der Waals surface area contributed by atoms with E-state index in [-0.39, 0.29) is 6.73 Å². The number of hydrogen-bond acceptors (Lipinski definition) is 4. The third-order valence-corrected chi connectivity index (χ3v) is 2.51. The SMILES string of the molecule is CN(CO)CCc1ccc2oc(=O)[nH]c2c1. The molecule has 16 heavy (non-hydrogen) atoms. The highest BCUT2D eigenvalue weighted by atomic mass is 16.4. The molecule has 2 rings (SSSR count). The van der Waals surface area contributed by atoms with E-state index in [1.807, 2.05) is 24.1 Å². The van der Waals surface area contributed by atoms with E-state index < -0.39 is 5.76 Å². The van der Waals surface area contributed by atoms with Crippen molar-refractivity contribution in [1.82, 2.24) is 9.88 Å². The average molecular weight is 222 g/mol. The van der Waals surface area contributed by atoms with E-state index >= 15 is 0 Å². The zero-order chi connectivity index (χ0) is 11.5. The molecule has 1 aromatic heterocycles. The number of fused-ring (bicyclic) bond motifs is 1. The Morgan fingerprint density at radius 2 is 2.31 bits per heavy atom. The van der Waals surface area contributed by atoms with Gasteiger partial charge in [-0.05, 0) is 31.2 Å². The number of nitrogens with one attached hydrogen (secondary N) is 1. The summed E-state index contributed by atoms with van der Waals surface area (Å²) in [6.07, 6.45) is 0.820. The molecule has 0 spiro atoms. The molecule has 0 atom stereocenters. The first-order valence-corrected chi connectivity index (χ1v) is 5.10. The van der Waals surface area contributed by atoms with Crippen molar-refractivity contribution in [2.24, 2.45) is 0 Å². The first kappa shape index (κ1) is 10.9. The highest BCUT2D eigenvalue weighted by molar-refractivity contribution is 5.72. The monoisotopic (exact) mass is 222 g/mol. The molecule has 0 saturated carbocycles. The van der Waals surface area contributed by atoms with E-state index in [1.165, 1.54) is 0 Å². The molecule has 0 amide bonds. The second kappa shape index (κ2) is 4.51. The number of H-pyrrole nitrogens is 1. The van der Waals surface area contributed by atoms with Gasteiger partial charge in [-0.15, -0.1) is 0 Å². The molecule has 1 heterocycles. The summed E-state index contributed by atoms with van der Waals surface area (Å²) >= 11 is 0. The number of rotatable bonds is 4. The Labute approximate surface area is 92.3 Å². The van der Waals surface area contributed by atoms with Crippen LogP contribution in [-0.4, -0.2) is 35.3 Å². The van der Waals surface area contributed by atoms with Crippen LogP contribution in [0.15, 0.2) is 27.4 Å². The van der Waals surface area contributed by atoms with Gasteiger partial charge in [-0.2, -0.15) is 0 Å². The Morgan fingerprint density at radius 3 is 3.06 bits per heavy atom. The Kier molecular flexibility index (Phi) is 3.07. The lowest BCUT2D eigenvalue weighted by Crippen LogP contribution is -2.21. The third kappa shape index (κ3) is 2.32. The minimum absolute atomic E-state index is 0.0464. The van der Waals surface area contributed by atoms with Gasteiger partial charge in [0.15, 0.2) is 5.58 Å². The van der Waals surface area contributed by atoms with Crippen molar-refractivity contribution in [3.05, 3.63) is 34.3 Å². The van der Waals surface area contributed by atoms with Gasteiger partial charge in [-0.25, -0.2) is 4.79 Å². The van der Waals surface area contributed by atoms with Gasteiger partial charge in [0.2, 0.25) is 0 Å². The van der Waals surface area contributed by atoms with Gasteiger partial charge < -0.3 is 9.52 Å². The van der Waals surface area contributed by atoms with E-state index in [1.54, 1.807) is 6.07 Å². The topological polar surface area (TPSA) is 69.5 Å². The van der Waals surface area contributed by atoms with Crippen LogP contribution >= 0.6 is 0 Å². The summed E-state index contributed by atoms with van der Waals surface area (Å²) in [6.45, 7) is 0.814. The molecular formula is C11H14N2O3. The van der Waals surface area contributed by atoms with Crippen molar-refractivity contribution in [3.8, 4) is 0 Å². The number of benzene rings is 1. The lowest BCUT2D eigenvalue weighted by Gasteiger charge is -2.12. The molecule has 5 heteroatoms. The Morgan fingerprint density at radius 1 is 1.50 bits per heavy atom. The van der Waals surface area contributed by atoms with Gasteiger partial charge in [0.1, 0.15) is 0 Å². The minimum Gasteiger partial charge on any atom is -0.408 e. The van der Waals surface area contributed by atoms with Gasteiger partial charge in [-0.1, -0.05) is 6.07 Å². The van der Waals surface area contributed by atoms with Crippen LogP contribution in [0.2, 0.25) is 0 Å². The maximum absolute atomic E-state index is 10.9. The molecule has 0 saturated heterocycles. The lowest BCUT2D eigenvalue weighted by atomic mass is 10.1. The molecule has 2 aromatic rings. The molecule has 0 unspecified atom stereocenters. The largest absolute Gasteiger partial charge is 0.417 e. The van der Waals surface area contributed by atoms with Crippen LogP contribution in [0.5, 0.6) is 0 Å². The maximum atomic E-state index is 10.9. The number of hydrogen-bond donors (Lipinski definition) is 2. The van der Waals surface area contributed by atoms with E-state index in [0.29, 0.717) is 11.1 Å². The molecule has 0 aliphatic heterocycles. The van der Waals surface area contributed by atoms with E-state index in [9.17, 15) is 4.79 Å². The number of likely N-dealkylation sites (N-methyl/N-ethyl adjacent to an activating group) is 1. The minimum atomic E-state index is -0.431. The van der Waals surface area contributed by atoms with Crippen molar-refractivity contribution in [2.45, 2.75) is 6.42 Å². The van der Waals surface area contributed by atoms with Crippen LogP contribution < -0.4 is 5.76 Å². The highest BCUT2D eigenvalue weighted by Crippen LogP contribution is 2.12. The van der Waals surface area contributed by atoms with Crippen LogP contribution in [-0.2, 0) is 6.42 Å². The summed E-state index contributed by atoms with van der Waals surface area (Å²) in [5, 5.41) is 8.85. The number of aromatic amines is 1. The smallest absolute Gasteiger partial charge is 0.408 e. The Balaban J connectivity index is 2.16. The Bertz CT molecular complexity index is 529. The van der Waals surface area contributed by atoms with Gasteiger partial charge in [0.05, 0.1) is 12.2 Å². The van der Waals surface area contributed by atoms with Gasteiger partial charge in [-0.3, -0.25) is 9.88 Å². The second-order valence-electron chi connectivity index (χ2n) is 3.82. The summed E-state index contributed by atoms with van der Waals surface area (Å²) in [5.41, 5.74) is 2.39. The lowest BCUT2D eigenvalue weighted by molar-refractivity contribution is 0.134. The number of oxazole rings is 1. The number of aliphatic hydroxyl groups excluding tert-OH is 1. The first-order valence-electron chi connectivity index (χ1n) is 5.10. The average Bonchev–Trinajstić information content (AvgIpc) is 2.65. The van der Waals surface area contributed by atoms with Gasteiger partial charge in [0.25, 0.3) is 0 Å².